The molecular weight excluding hydrogens is 251 g/mol. The summed E-state index contributed by atoms with van der Waals surface area (Å²) in [5, 5.41) is 0. The van der Waals surface area contributed by atoms with Crippen molar-refractivity contribution in [2.45, 2.75) is 0 Å². The van der Waals surface area contributed by atoms with Gasteiger partial charge < -0.3 is 0 Å². The van der Waals surface area contributed by atoms with Gasteiger partial charge in [-0.1, -0.05) is 18.1 Å². The summed E-state index contributed by atoms with van der Waals surface area (Å²) >= 11 is 1.98. The molecule has 0 bridgehead atoms. The molecule has 0 saturated carbocycles. The number of benzene rings is 1. The minimum absolute atomic E-state index is 0.684. The zero-order valence-electron chi connectivity index (χ0n) is 5.67. The van der Waals surface area contributed by atoms with E-state index in [0.29, 0.717) is 5.56 Å². The number of carbonyl (C=O) groups is 1. The molecular formula is C9H5IO. The molecule has 0 saturated heterocycles. The zero-order chi connectivity index (χ0) is 8.10. The number of hydrogen-bond acceptors (Lipinski definition) is 1. The number of rotatable bonds is 1. The van der Waals surface area contributed by atoms with Gasteiger partial charge in [0.1, 0.15) is 6.29 Å². The van der Waals surface area contributed by atoms with Gasteiger partial charge in [0.15, 0.2) is 0 Å². The fourth-order valence-electron chi connectivity index (χ4n) is 0.700. The summed E-state index contributed by atoms with van der Waals surface area (Å²) in [4.78, 5) is 10.2. The zero-order valence-corrected chi connectivity index (χ0v) is 7.83. The predicted molar refractivity (Wildman–Crippen MR) is 52.7 cm³/mol. The molecule has 2 heteroatoms. The van der Waals surface area contributed by atoms with Gasteiger partial charge in [0.05, 0.1) is 0 Å². The summed E-state index contributed by atoms with van der Waals surface area (Å²) in [6.45, 7) is 0. The first-order chi connectivity index (χ1) is 5.36. The standard InChI is InChI=1S/C9H5IO/c10-6-5-8-1-3-9(7-11)4-2-8/h1-4,7H. The summed E-state index contributed by atoms with van der Waals surface area (Å²) in [5.41, 5.74) is 1.62. The van der Waals surface area contributed by atoms with E-state index in [1.54, 1.807) is 12.1 Å². The highest BCUT2D eigenvalue weighted by Gasteiger charge is 1.87. The van der Waals surface area contributed by atoms with Gasteiger partial charge in [0.25, 0.3) is 0 Å². The fourth-order valence-corrected chi connectivity index (χ4v) is 1.01. The maximum absolute atomic E-state index is 10.2. The van der Waals surface area contributed by atoms with Gasteiger partial charge in [0, 0.05) is 33.7 Å². The molecule has 0 radical (unpaired) electrons. The fraction of sp³-hybridized carbons (Fsp3) is 0. The molecule has 0 unspecified atom stereocenters. The lowest BCUT2D eigenvalue weighted by molar-refractivity contribution is 0.112. The van der Waals surface area contributed by atoms with Crippen LogP contribution < -0.4 is 0 Å². The number of aldehydes is 1. The smallest absolute Gasteiger partial charge is 0.150 e. The van der Waals surface area contributed by atoms with Crippen molar-refractivity contribution in [1.29, 1.82) is 0 Å². The van der Waals surface area contributed by atoms with Gasteiger partial charge >= 0.3 is 0 Å². The third-order valence-electron chi connectivity index (χ3n) is 1.24. The topological polar surface area (TPSA) is 17.1 Å². The Kier molecular flexibility index (Phi) is 3.12. The Labute approximate surface area is 78.9 Å². The highest BCUT2D eigenvalue weighted by atomic mass is 127. The van der Waals surface area contributed by atoms with E-state index in [2.05, 4.69) is 9.85 Å². The first kappa shape index (κ1) is 8.28. The van der Waals surface area contributed by atoms with Crippen LogP contribution >= 0.6 is 22.6 Å². The van der Waals surface area contributed by atoms with Crippen LogP contribution in [0, 0.1) is 9.85 Å². The van der Waals surface area contributed by atoms with Gasteiger partial charge in [-0.05, 0) is 16.1 Å². The number of carbonyl (C=O) groups excluding carboxylic acids is 1. The molecule has 0 N–H and O–H groups in total. The van der Waals surface area contributed by atoms with Crippen LogP contribution in [0.1, 0.15) is 15.9 Å². The molecule has 0 aliphatic heterocycles. The van der Waals surface area contributed by atoms with Gasteiger partial charge in [-0.15, -0.1) is 0 Å². The van der Waals surface area contributed by atoms with Gasteiger partial charge in [-0.25, -0.2) is 0 Å². The molecule has 0 atom stereocenters. The van der Waals surface area contributed by atoms with Crippen molar-refractivity contribution >= 4 is 28.9 Å². The van der Waals surface area contributed by atoms with E-state index in [1.165, 1.54) is 0 Å². The second kappa shape index (κ2) is 4.14. The Morgan fingerprint density at radius 2 is 1.91 bits per heavy atom. The molecule has 11 heavy (non-hydrogen) atoms. The molecule has 1 nitrogen and oxygen atoms in total. The Bertz CT molecular complexity index is 303. The summed E-state index contributed by atoms with van der Waals surface area (Å²) in [6, 6.07) is 7.16. The van der Waals surface area contributed by atoms with Crippen molar-refractivity contribution < 1.29 is 4.79 Å². The Balaban J connectivity index is 2.97. The maximum Gasteiger partial charge on any atom is 0.150 e. The molecule has 0 heterocycles. The van der Waals surface area contributed by atoms with Crippen molar-refractivity contribution in [3.63, 3.8) is 0 Å². The molecule has 0 aliphatic carbocycles. The monoisotopic (exact) mass is 256 g/mol. The van der Waals surface area contributed by atoms with Gasteiger partial charge in [-0.3, -0.25) is 4.79 Å². The average Bonchev–Trinajstić information content (AvgIpc) is 2.07. The quantitative estimate of drug-likeness (QED) is 0.428. The molecule has 1 rings (SSSR count). The first-order valence-corrected chi connectivity index (χ1v) is 4.11. The lowest BCUT2D eigenvalue weighted by atomic mass is 10.2. The third kappa shape index (κ3) is 2.35. The molecule has 1 aromatic rings. The number of halogens is 1. The molecule has 0 aromatic heterocycles. The lowest BCUT2D eigenvalue weighted by Gasteiger charge is -1.89. The maximum atomic E-state index is 10.2. The number of hydrogen-bond donors (Lipinski definition) is 0. The Morgan fingerprint density at radius 1 is 1.27 bits per heavy atom. The van der Waals surface area contributed by atoms with Gasteiger partial charge in [-0.2, -0.15) is 0 Å². The SMILES string of the molecule is O=Cc1ccc(C#CI)cc1. The minimum Gasteiger partial charge on any atom is -0.298 e. The largest absolute Gasteiger partial charge is 0.298 e. The predicted octanol–water partition coefficient (Wildman–Crippen LogP) is 2.24. The summed E-state index contributed by atoms with van der Waals surface area (Å²) in [6.07, 6.45) is 0.821. The van der Waals surface area contributed by atoms with Crippen LogP contribution in [0.2, 0.25) is 0 Å². The van der Waals surface area contributed by atoms with Crippen molar-refractivity contribution in [1.82, 2.24) is 0 Å². The van der Waals surface area contributed by atoms with Crippen LogP contribution in [0.4, 0.5) is 0 Å². The van der Waals surface area contributed by atoms with Crippen LogP contribution in [0.5, 0.6) is 0 Å². The summed E-state index contributed by atoms with van der Waals surface area (Å²) < 4.78 is 2.75. The van der Waals surface area contributed by atoms with Crippen LogP contribution in [0.25, 0.3) is 0 Å². The molecule has 0 aliphatic rings. The van der Waals surface area contributed by atoms with E-state index >= 15 is 0 Å². The van der Waals surface area contributed by atoms with Crippen LogP contribution in [0.3, 0.4) is 0 Å². The summed E-state index contributed by atoms with van der Waals surface area (Å²) in [5.74, 6) is 2.88. The molecule has 1 aromatic carbocycles. The highest BCUT2D eigenvalue weighted by molar-refractivity contribution is 14.1. The van der Waals surface area contributed by atoms with E-state index < -0.39 is 0 Å². The van der Waals surface area contributed by atoms with Gasteiger partial charge in [0.2, 0.25) is 0 Å². The Morgan fingerprint density at radius 3 is 2.36 bits per heavy atom. The molecule has 0 fully saturated rings. The van der Waals surface area contributed by atoms with Crippen molar-refractivity contribution in [2.75, 3.05) is 0 Å². The summed E-state index contributed by atoms with van der Waals surface area (Å²) in [7, 11) is 0. The van der Waals surface area contributed by atoms with E-state index in [1.807, 2.05) is 34.7 Å². The first-order valence-electron chi connectivity index (χ1n) is 3.03. The van der Waals surface area contributed by atoms with Crippen LogP contribution in [0.15, 0.2) is 24.3 Å². The normalized spacial score (nSPS) is 8.09. The van der Waals surface area contributed by atoms with E-state index in [-0.39, 0.29) is 0 Å². The van der Waals surface area contributed by atoms with Crippen molar-refractivity contribution in [3.05, 3.63) is 35.4 Å². The van der Waals surface area contributed by atoms with Crippen molar-refractivity contribution in [2.24, 2.45) is 0 Å². The lowest BCUT2D eigenvalue weighted by Crippen LogP contribution is -1.78. The Hall–Kier alpha value is -0.820. The third-order valence-corrected chi connectivity index (χ3v) is 1.51. The van der Waals surface area contributed by atoms with E-state index in [4.69, 9.17) is 0 Å². The second-order valence-electron chi connectivity index (χ2n) is 1.96. The molecule has 0 amide bonds. The minimum atomic E-state index is 0.684. The molecule has 54 valence electrons. The van der Waals surface area contributed by atoms with E-state index in [0.717, 1.165) is 11.8 Å². The van der Waals surface area contributed by atoms with Crippen LogP contribution in [-0.4, -0.2) is 6.29 Å². The van der Waals surface area contributed by atoms with E-state index in [9.17, 15) is 4.79 Å². The second-order valence-corrected chi connectivity index (χ2v) is 2.50. The van der Waals surface area contributed by atoms with Crippen LogP contribution in [-0.2, 0) is 0 Å². The van der Waals surface area contributed by atoms with Crippen molar-refractivity contribution in [3.8, 4) is 9.85 Å². The highest BCUT2D eigenvalue weighted by Crippen LogP contribution is 2.00. The average molecular weight is 256 g/mol. The molecule has 0 spiro atoms.